The Balaban J connectivity index is 1.42. The van der Waals surface area contributed by atoms with Gasteiger partial charge in [0.15, 0.2) is 0 Å². The highest BCUT2D eigenvalue weighted by molar-refractivity contribution is 6.08. The van der Waals surface area contributed by atoms with E-state index in [1.807, 2.05) is 4.90 Å². The van der Waals surface area contributed by atoms with Gasteiger partial charge in [0.05, 0.1) is 42.2 Å². The molecule has 0 aliphatic carbocycles. The molecule has 3 aromatic rings. The number of hydrogen-bond donors (Lipinski definition) is 3. The predicted octanol–water partition coefficient (Wildman–Crippen LogP) is 3.60. The zero-order valence-electron chi connectivity index (χ0n) is 18.2. The van der Waals surface area contributed by atoms with E-state index in [0.29, 0.717) is 49.1 Å². The molecular weight excluding hydrogens is 442 g/mol. The largest absolute Gasteiger partial charge is 0.467 e. The third-order valence-electron chi connectivity index (χ3n) is 5.19. The molecule has 2 aromatic carbocycles. The number of nitrogens with one attached hydrogen (secondary N) is 3. The first kappa shape index (κ1) is 22.8. The maximum Gasteiger partial charge on any atom is 0.319 e. The van der Waals surface area contributed by atoms with E-state index in [2.05, 4.69) is 16.0 Å². The Morgan fingerprint density at radius 3 is 2.35 bits per heavy atom. The van der Waals surface area contributed by atoms with Crippen LogP contribution >= 0.6 is 0 Å². The van der Waals surface area contributed by atoms with Gasteiger partial charge in [0.2, 0.25) is 0 Å². The summed E-state index contributed by atoms with van der Waals surface area (Å²) in [4.78, 5) is 37.8. The minimum Gasteiger partial charge on any atom is -0.467 e. The van der Waals surface area contributed by atoms with Crippen molar-refractivity contribution in [3.05, 3.63) is 82.3 Å². The molecule has 0 bridgehead atoms. The number of non-ortho nitro benzene ring substituents is 1. The molecule has 1 fully saturated rings. The molecule has 3 N–H and O–H groups in total. The van der Waals surface area contributed by atoms with Gasteiger partial charge in [-0.1, -0.05) is 0 Å². The first-order valence-corrected chi connectivity index (χ1v) is 10.6. The van der Waals surface area contributed by atoms with Crippen LogP contribution in [0.25, 0.3) is 0 Å². The number of nitro benzene ring substituents is 1. The molecule has 0 spiro atoms. The number of carbonyl (C=O) groups excluding carboxylic acids is 2. The normalized spacial score (nSPS) is 13.2. The van der Waals surface area contributed by atoms with Crippen molar-refractivity contribution in [1.29, 1.82) is 0 Å². The van der Waals surface area contributed by atoms with Crippen LogP contribution in [0, 0.1) is 10.1 Å². The standard InChI is InChI=1S/C23H23N5O6/c29-22(20-14-18(28(31)32)7-8-21(20)27-9-12-33-13-10-27)25-16-3-5-17(6-4-16)26-23(30)24-15-19-2-1-11-34-19/h1-8,11,14H,9-10,12-13,15H2,(H,25,29)(H2,24,26,30). The number of morpholine rings is 1. The molecule has 11 heteroatoms. The molecular formula is C23H23N5O6. The third kappa shape index (κ3) is 5.70. The highest BCUT2D eigenvalue weighted by Gasteiger charge is 2.22. The minimum absolute atomic E-state index is 0.165. The van der Waals surface area contributed by atoms with Gasteiger partial charge in [-0.25, -0.2) is 4.79 Å². The van der Waals surface area contributed by atoms with E-state index in [0.717, 1.165) is 0 Å². The van der Waals surface area contributed by atoms with E-state index < -0.39 is 16.9 Å². The second kappa shape index (κ2) is 10.5. The number of ether oxygens (including phenoxy) is 1. The Bertz CT molecular complexity index is 1160. The number of nitrogens with zero attached hydrogens (tertiary/aromatic N) is 2. The smallest absolute Gasteiger partial charge is 0.319 e. The van der Waals surface area contributed by atoms with Gasteiger partial charge in [-0.05, 0) is 42.5 Å². The fourth-order valence-corrected chi connectivity index (χ4v) is 3.49. The molecule has 3 amide bonds. The van der Waals surface area contributed by atoms with Gasteiger partial charge >= 0.3 is 6.03 Å². The van der Waals surface area contributed by atoms with E-state index in [-0.39, 0.29) is 17.8 Å². The quantitative estimate of drug-likeness (QED) is 0.358. The second-order valence-corrected chi connectivity index (χ2v) is 7.48. The van der Waals surface area contributed by atoms with Gasteiger partial charge < -0.3 is 30.0 Å². The highest BCUT2D eigenvalue weighted by atomic mass is 16.6. The van der Waals surface area contributed by atoms with Crippen LogP contribution < -0.4 is 20.9 Å². The Kier molecular flexibility index (Phi) is 7.04. The van der Waals surface area contributed by atoms with Gasteiger partial charge in [-0.15, -0.1) is 0 Å². The third-order valence-corrected chi connectivity index (χ3v) is 5.19. The van der Waals surface area contributed by atoms with E-state index in [1.165, 1.54) is 18.4 Å². The van der Waals surface area contributed by atoms with Crippen molar-refractivity contribution in [2.45, 2.75) is 6.54 Å². The lowest BCUT2D eigenvalue weighted by Gasteiger charge is -2.30. The summed E-state index contributed by atoms with van der Waals surface area (Å²) >= 11 is 0. The summed E-state index contributed by atoms with van der Waals surface area (Å²) in [6.45, 7) is 2.45. The summed E-state index contributed by atoms with van der Waals surface area (Å²) in [5.74, 6) is 0.160. The Morgan fingerprint density at radius 2 is 1.71 bits per heavy atom. The van der Waals surface area contributed by atoms with Crippen LogP contribution in [0.4, 0.5) is 27.5 Å². The molecule has 4 rings (SSSR count). The summed E-state index contributed by atoms with van der Waals surface area (Å²) in [5.41, 5.74) is 1.65. The molecule has 0 atom stereocenters. The van der Waals surface area contributed by atoms with Gasteiger partial charge in [0, 0.05) is 36.6 Å². The monoisotopic (exact) mass is 465 g/mol. The fourth-order valence-electron chi connectivity index (χ4n) is 3.49. The zero-order valence-corrected chi connectivity index (χ0v) is 18.2. The van der Waals surface area contributed by atoms with Crippen LogP contribution in [-0.2, 0) is 11.3 Å². The van der Waals surface area contributed by atoms with E-state index >= 15 is 0 Å². The minimum atomic E-state index is -0.530. The van der Waals surface area contributed by atoms with Gasteiger partial charge in [-0.3, -0.25) is 14.9 Å². The average molecular weight is 465 g/mol. The van der Waals surface area contributed by atoms with Crippen molar-refractivity contribution < 1.29 is 23.7 Å². The van der Waals surface area contributed by atoms with Crippen LogP contribution in [0.3, 0.4) is 0 Å². The molecule has 0 radical (unpaired) electrons. The molecule has 1 saturated heterocycles. The van der Waals surface area contributed by atoms with Gasteiger partial charge in [0.25, 0.3) is 11.6 Å². The van der Waals surface area contributed by atoms with Gasteiger partial charge in [-0.2, -0.15) is 0 Å². The Morgan fingerprint density at radius 1 is 1.00 bits per heavy atom. The lowest BCUT2D eigenvalue weighted by molar-refractivity contribution is -0.384. The summed E-state index contributed by atoms with van der Waals surface area (Å²) in [5, 5.41) is 19.4. The molecule has 34 heavy (non-hydrogen) atoms. The fraction of sp³-hybridized carbons (Fsp3) is 0.217. The molecule has 176 valence electrons. The molecule has 11 nitrogen and oxygen atoms in total. The average Bonchev–Trinajstić information content (AvgIpc) is 3.38. The number of anilines is 3. The molecule has 1 aromatic heterocycles. The lowest BCUT2D eigenvalue weighted by atomic mass is 10.1. The second-order valence-electron chi connectivity index (χ2n) is 7.48. The van der Waals surface area contributed by atoms with E-state index in [4.69, 9.17) is 9.15 Å². The van der Waals surface area contributed by atoms with Crippen LogP contribution in [0.2, 0.25) is 0 Å². The van der Waals surface area contributed by atoms with Crippen LogP contribution in [0.15, 0.2) is 65.3 Å². The highest BCUT2D eigenvalue weighted by Crippen LogP contribution is 2.27. The SMILES string of the molecule is O=C(NCc1ccco1)Nc1ccc(NC(=O)c2cc([N+](=O)[O-])ccc2N2CCOCC2)cc1. The number of rotatable bonds is 7. The van der Waals surface area contributed by atoms with Crippen LogP contribution in [-0.4, -0.2) is 43.2 Å². The van der Waals surface area contributed by atoms with E-state index in [9.17, 15) is 19.7 Å². The molecule has 1 aliphatic heterocycles. The summed E-state index contributed by atoms with van der Waals surface area (Å²) in [6, 6.07) is 13.9. The number of benzene rings is 2. The van der Waals surface area contributed by atoms with Crippen molar-refractivity contribution in [2.75, 3.05) is 41.8 Å². The summed E-state index contributed by atoms with van der Waals surface area (Å²) in [7, 11) is 0. The first-order valence-electron chi connectivity index (χ1n) is 10.6. The van der Waals surface area contributed by atoms with Crippen molar-refractivity contribution in [3.63, 3.8) is 0 Å². The van der Waals surface area contributed by atoms with E-state index in [1.54, 1.807) is 42.5 Å². The van der Waals surface area contributed by atoms with Crippen molar-refractivity contribution in [2.24, 2.45) is 0 Å². The maximum atomic E-state index is 13.0. The predicted molar refractivity (Wildman–Crippen MR) is 125 cm³/mol. The molecule has 2 heterocycles. The number of urea groups is 1. The van der Waals surface area contributed by atoms with Crippen molar-refractivity contribution in [3.8, 4) is 0 Å². The first-order chi connectivity index (χ1) is 16.5. The van der Waals surface area contributed by atoms with Crippen LogP contribution in [0.1, 0.15) is 16.1 Å². The summed E-state index contributed by atoms with van der Waals surface area (Å²) < 4.78 is 10.5. The van der Waals surface area contributed by atoms with Crippen molar-refractivity contribution in [1.82, 2.24) is 5.32 Å². The Labute approximate surface area is 194 Å². The van der Waals surface area contributed by atoms with Crippen LogP contribution in [0.5, 0.6) is 0 Å². The Hall–Kier alpha value is -4.38. The summed E-state index contributed by atoms with van der Waals surface area (Å²) in [6.07, 6.45) is 1.53. The zero-order chi connectivity index (χ0) is 23.9. The molecule has 1 aliphatic rings. The topological polar surface area (TPSA) is 139 Å². The maximum absolute atomic E-state index is 13.0. The number of furan rings is 1. The lowest BCUT2D eigenvalue weighted by Crippen LogP contribution is -2.37. The number of amides is 3. The molecule has 0 unspecified atom stereocenters. The van der Waals surface area contributed by atoms with Crippen molar-refractivity contribution >= 4 is 34.7 Å². The number of carbonyl (C=O) groups is 2. The van der Waals surface area contributed by atoms with Gasteiger partial charge in [0.1, 0.15) is 5.76 Å². The molecule has 0 saturated carbocycles. The number of hydrogen-bond acceptors (Lipinski definition) is 7. The number of nitro groups is 1.